The Balaban J connectivity index is 1.58. The van der Waals surface area contributed by atoms with Crippen molar-refractivity contribution in [1.82, 2.24) is 15.0 Å². The fourth-order valence-corrected chi connectivity index (χ4v) is 3.04. The minimum Gasteiger partial charge on any atom is -0.484 e. The molecule has 1 heterocycles. The van der Waals surface area contributed by atoms with Crippen LogP contribution in [0.15, 0.2) is 53.1 Å². The zero-order valence-corrected chi connectivity index (χ0v) is 18.3. The van der Waals surface area contributed by atoms with Crippen molar-refractivity contribution >= 4 is 23.2 Å². The molecule has 0 spiro atoms. The van der Waals surface area contributed by atoms with E-state index in [4.69, 9.17) is 20.9 Å². The maximum absolute atomic E-state index is 12.7. The Labute approximate surface area is 190 Å². The number of halogens is 1. The van der Waals surface area contributed by atoms with Gasteiger partial charge in [-0.05, 0) is 42.8 Å². The standard InChI is InChI=1S/C22H23ClN4O5/c1-2-3-13-26(21(28)15-31-19-10-6-17(23)7-11-19)14-12-20-24-22(25-32-20)16-4-8-18(9-5-16)27(29)30/h4-11H,2-3,12-15H2,1H3. The lowest BCUT2D eigenvalue weighted by Gasteiger charge is -2.22. The van der Waals surface area contributed by atoms with Crippen molar-refractivity contribution in [1.29, 1.82) is 0 Å². The van der Waals surface area contributed by atoms with Gasteiger partial charge in [-0.15, -0.1) is 0 Å². The molecule has 0 bridgehead atoms. The summed E-state index contributed by atoms with van der Waals surface area (Å²) in [7, 11) is 0. The average Bonchev–Trinajstić information content (AvgIpc) is 3.27. The van der Waals surface area contributed by atoms with Crippen molar-refractivity contribution < 1.29 is 19.0 Å². The Bertz CT molecular complexity index is 1040. The van der Waals surface area contributed by atoms with Gasteiger partial charge in [-0.3, -0.25) is 14.9 Å². The molecular weight excluding hydrogens is 436 g/mol. The molecule has 3 rings (SSSR count). The molecule has 0 saturated carbocycles. The van der Waals surface area contributed by atoms with Crippen molar-refractivity contribution in [2.45, 2.75) is 26.2 Å². The monoisotopic (exact) mass is 458 g/mol. The van der Waals surface area contributed by atoms with Gasteiger partial charge in [0.1, 0.15) is 5.75 Å². The molecule has 2 aromatic carbocycles. The zero-order chi connectivity index (χ0) is 22.9. The maximum Gasteiger partial charge on any atom is 0.269 e. The van der Waals surface area contributed by atoms with E-state index in [0.717, 1.165) is 12.8 Å². The number of hydrogen-bond acceptors (Lipinski definition) is 7. The van der Waals surface area contributed by atoms with Gasteiger partial charge in [-0.1, -0.05) is 30.1 Å². The van der Waals surface area contributed by atoms with Gasteiger partial charge in [0.05, 0.1) is 4.92 Å². The van der Waals surface area contributed by atoms with Gasteiger partial charge in [-0.2, -0.15) is 4.98 Å². The first kappa shape index (κ1) is 23.2. The van der Waals surface area contributed by atoms with Gasteiger partial charge in [0.15, 0.2) is 6.61 Å². The van der Waals surface area contributed by atoms with Crippen LogP contribution in [0, 0.1) is 10.1 Å². The van der Waals surface area contributed by atoms with E-state index in [2.05, 4.69) is 17.1 Å². The highest BCUT2D eigenvalue weighted by atomic mass is 35.5. The predicted molar refractivity (Wildman–Crippen MR) is 119 cm³/mol. The molecule has 0 atom stereocenters. The number of ether oxygens (including phenoxy) is 1. The van der Waals surface area contributed by atoms with Crippen LogP contribution in [-0.4, -0.2) is 45.6 Å². The number of carbonyl (C=O) groups is 1. The van der Waals surface area contributed by atoms with Crippen molar-refractivity contribution in [2.75, 3.05) is 19.7 Å². The van der Waals surface area contributed by atoms with Gasteiger partial charge in [-0.25, -0.2) is 0 Å². The van der Waals surface area contributed by atoms with Crippen LogP contribution >= 0.6 is 11.6 Å². The lowest BCUT2D eigenvalue weighted by atomic mass is 10.2. The number of amides is 1. The van der Waals surface area contributed by atoms with E-state index in [9.17, 15) is 14.9 Å². The van der Waals surface area contributed by atoms with Gasteiger partial charge >= 0.3 is 0 Å². The first-order valence-corrected chi connectivity index (χ1v) is 10.6. The van der Waals surface area contributed by atoms with Crippen LogP contribution in [0.4, 0.5) is 5.69 Å². The number of benzene rings is 2. The van der Waals surface area contributed by atoms with Gasteiger partial charge in [0, 0.05) is 42.2 Å². The number of hydrogen-bond donors (Lipinski definition) is 0. The minimum absolute atomic E-state index is 0.0108. The summed E-state index contributed by atoms with van der Waals surface area (Å²) in [4.78, 5) is 29.0. The first-order chi connectivity index (χ1) is 15.5. The molecule has 9 nitrogen and oxygen atoms in total. The van der Waals surface area contributed by atoms with E-state index in [1.807, 2.05) is 0 Å². The number of nitrogens with zero attached hydrogens (tertiary/aromatic N) is 4. The molecule has 168 valence electrons. The quantitative estimate of drug-likeness (QED) is 0.306. The Kier molecular flexibility index (Phi) is 8.15. The summed E-state index contributed by atoms with van der Waals surface area (Å²) in [5.41, 5.74) is 0.601. The molecule has 3 aromatic rings. The Hall–Kier alpha value is -3.46. The van der Waals surface area contributed by atoms with Crippen LogP contribution in [0.25, 0.3) is 11.4 Å². The van der Waals surface area contributed by atoms with Crippen molar-refractivity contribution in [3.63, 3.8) is 0 Å². The smallest absolute Gasteiger partial charge is 0.269 e. The second kappa shape index (κ2) is 11.2. The molecule has 32 heavy (non-hydrogen) atoms. The summed E-state index contributed by atoms with van der Waals surface area (Å²) in [6.07, 6.45) is 2.20. The fraction of sp³-hybridized carbons (Fsp3) is 0.318. The molecule has 0 aliphatic carbocycles. The second-order valence-corrected chi connectivity index (χ2v) is 7.48. The largest absolute Gasteiger partial charge is 0.484 e. The molecule has 1 amide bonds. The molecule has 0 unspecified atom stereocenters. The van der Waals surface area contributed by atoms with Gasteiger partial charge in [0.2, 0.25) is 11.7 Å². The average molecular weight is 459 g/mol. The van der Waals surface area contributed by atoms with Crippen LogP contribution in [0.5, 0.6) is 5.75 Å². The summed E-state index contributed by atoms with van der Waals surface area (Å²) in [6, 6.07) is 12.7. The summed E-state index contributed by atoms with van der Waals surface area (Å²) in [6.45, 7) is 2.98. The summed E-state index contributed by atoms with van der Waals surface area (Å²) < 4.78 is 10.9. The zero-order valence-electron chi connectivity index (χ0n) is 17.6. The first-order valence-electron chi connectivity index (χ1n) is 10.2. The Morgan fingerprint density at radius 3 is 2.53 bits per heavy atom. The number of nitro groups is 1. The van der Waals surface area contributed by atoms with Crippen molar-refractivity contribution in [3.8, 4) is 17.1 Å². The Morgan fingerprint density at radius 2 is 1.88 bits per heavy atom. The van der Waals surface area contributed by atoms with E-state index in [-0.39, 0.29) is 18.2 Å². The Morgan fingerprint density at radius 1 is 1.16 bits per heavy atom. The van der Waals surface area contributed by atoms with Crippen LogP contribution in [0.3, 0.4) is 0 Å². The molecule has 0 aliphatic heterocycles. The van der Waals surface area contributed by atoms with Crippen LogP contribution in [0.1, 0.15) is 25.7 Å². The number of unbranched alkanes of at least 4 members (excludes halogenated alkanes) is 1. The fourth-order valence-electron chi connectivity index (χ4n) is 2.91. The van der Waals surface area contributed by atoms with Crippen molar-refractivity contribution in [2.24, 2.45) is 0 Å². The third-order valence-corrected chi connectivity index (χ3v) is 4.96. The summed E-state index contributed by atoms with van der Waals surface area (Å²) >= 11 is 5.86. The molecule has 0 N–H and O–H groups in total. The highest BCUT2D eigenvalue weighted by Gasteiger charge is 2.17. The van der Waals surface area contributed by atoms with Gasteiger partial charge < -0.3 is 14.2 Å². The van der Waals surface area contributed by atoms with Crippen LogP contribution in [-0.2, 0) is 11.2 Å². The number of aromatic nitrogens is 2. The molecule has 0 saturated heterocycles. The molecule has 1 aromatic heterocycles. The molecule has 0 aliphatic rings. The van der Waals surface area contributed by atoms with E-state index in [1.54, 1.807) is 41.3 Å². The third kappa shape index (κ3) is 6.52. The van der Waals surface area contributed by atoms with Crippen LogP contribution < -0.4 is 4.74 Å². The lowest BCUT2D eigenvalue weighted by Crippen LogP contribution is -2.37. The lowest BCUT2D eigenvalue weighted by molar-refractivity contribution is -0.384. The highest BCUT2D eigenvalue weighted by Crippen LogP contribution is 2.20. The van der Waals surface area contributed by atoms with Crippen LogP contribution in [0.2, 0.25) is 5.02 Å². The molecule has 0 fully saturated rings. The molecule has 0 radical (unpaired) electrons. The topological polar surface area (TPSA) is 112 Å². The number of non-ortho nitro benzene ring substituents is 1. The normalized spacial score (nSPS) is 10.7. The second-order valence-electron chi connectivity index (χ2n) is 7.04. The van der Waals surface area contributed by atoms with E-state index < -0.39 is 4.92 Å². The summed E-state index contributed by atoms with van der Waals surface area (Å²) in [5, 5.41) is 15.3. The molecule has 10 heteroatoms. The van der Waals surface area contributed by atoms with E-state index >= 15 is 0 Å². The number of nitro benzene ring substituents is 1. The van der Waals surface area contributed by atoms with Crippen molar-refractivity contribution in [3.05, 3.63) is 69.6 Å². The predicted octanol–water partition coefficient (Wildman–Crippen LogP) is 4.55. The highest BCUT2D eigenvalue weighted by molar-refractivity contribution is 6.30. The number of rotatable bonds is 11. The summed E-state index contributed by atoms with van der Waals surface area (Å²) in [5.74, 6) is 1.16. The maximum atomic E-state index is 12.7. The number of carbonyl (C=O) groups excluding carboxylic acids is 1. The van der Waals surface area contributed by atoms with E-state index in [0.29, 0.717) is 47.6 Å². The van der Waals surface area contributed by atoms with E-state index in [1.165, 1.54) is 12.1 Å². The SMILES string of the molecule is CCCCN(CCc1nc(-c2ccc([N+](=O)[O-])cc2)no1)C(=O)COc1ccc(Cl)cc1. The molecular formula is C22H23ClN4O5. The van der Waals surface area contributed by atoms with Gasteiger partial charge in [0.25, 0.3) is 11.6 Å². The third-order valence-electron chi connectivity index (χ3n) is 4.71. The minimum atomic E-state index is -0.468.